The van der Waals surface area contributed by atoms with E-state index in [1.54, 1.807) is 20.0 Å². The summed E-state index contributed by atoms with van der Waals surface area (Å²) in [5.74, 6) is 0.287. The van der Waals surface area contributed by atoms with Gasteiger partial charge in [0, 0.05) is 13.1 Å². The van der Waals surface area contributed by atoms with Crippen LogP contribution >= 0.6 is 0 Å². The van der Waals surface area contributed by atoms with Gasteiger partial charge in [0.2, 0.25) is 5.88 Å². The Kier molecular flexibility index (Phi) is 3.31. The number of rotatable bonds is 4. The first-order valence-electron chi connectivity index (χ1n) is 5.36. The molecule has 7 nitrogen and oxygen atoms in total. The monoisotopic (exact) mass is 251 g/mol. The molecule has 2 heterocycles. The SMILES string of the molecule is CCOC(=O)c1ncoc1-c1cc(OC)n(C)n1. The van der Waals surface area contributed by atoms with Crippen LogP contribution in [0.4, 0.5) is 0 Å². The Morgan fingerprint density at radius 1 is 1.56 bits per heavy atom. The fraction of sp³-hybridized carbons (Fsp3) is 0.364. The smallest absolute Gasteiger partial charge is 0.361 e. The fourth-order valence-corrected chi connectivity index (χ4v) is 1.52. The molecule has 0 N–H and O–H groups in total. The summed E-state index contributed by atoms with van der Waals surface area (Å²) in [6.45, 7) is 2.00. The van der Waals surface area contributed by atoms with Gasteiger partial charge in [-0.1, -0.05) is 0 Å². The second-order valence-corrected chi connectivity index (χ2v) is 3.45. The van der Waals surface area contributed by atoms with E-state index in [1.165, 1.54) is 18.2 Å². The van der Waals surface area contributed by atoms with E-state index in [1.807, 2.05) is 0 Å². The van der Waals surface area contributed by atoms with Crippen LogP contribution < -0.4 is 4.74 Å². The van der Waals surface area contributed by atoms with E-state index in [-0.39, 0.29) is 18.1 Å². The molecule has 0 unspecified atom stereocenters. The predicted molar refractivity (Wildman–Crippen MR) is 61.2 cm³/mol. The minimum Gasteiger partial charge on any atom is -0.481 e. The second kappa shape index (κ2) is 4.91. The van der Waals surface area contributed by atoms with Crippen LogP contribution in [0, 0.1) is 0 Å². The first-order valence-corrected chi connectivity index (χ1v) is 5.36. The molecule has 0 saturated heterocycles. The van der Waals surface area contributed by atoms with Crippen molar-refractivity contribution < 1.29 is 18.7 Å². The molecule has 0 saturated carbocycles. The van der Waals surface area contributed by atoms with Gasteiger partial charge in [0.05, 0.1) is 13.7 Å². The molecular formula is C11H13N3O4. The van der Waals surface area contributed by atoms with Gasteiger partial charge < -0.3 is 13.9 Å². The predicted octanol–water partition coefficient (Wildman–Crippen LogP) is 1.26. The first kappa shape index (κ1) is 12.2. The highest BCUT2D eigenvalue weighted by Crippen LogP contribution is 2.25. The van der Waals surface area contributed by atoms with E-state index >= 15 is 0 Å². The highest BCUT2D eigenvalue weighted by atomic mass is 16.5. The largest absolute Gasteiger partial charge is 0.481 e. The van der Waals surface area contributed by atoms with Crippen molar-refractivity contribution in [2.24, 2.45) is 7.05 Å². The molecule has 0 aromatic carbocycles. The van der Waals surface area contributed by atoms with Crippen LogP contribution in [0.2, 0.25) is 0 Å². The summed E-state index contributed by atoms with van der Waals surface area (Å²) < 4.78 is 16.7. The zero-order valence-corrected chi connectivity index (χ0v) is 10.3. The van der Waals surface area contributed by atoms with Crippen molar-refractivity contribution in [1.82, 2.24) is 14.8 Å². The maximum atomic E-state index is 11.7. The summed E-state index contributed by atoms with van der Waals surface area (Å²) in [6, 6.07) is 1.66. The van der Waals surface area contributed by atoms with Crippen LogP contribution in [-0.4, -0.2) is 34.5 Å². The Balaban J connectivity index is 2.39. The minimum absolute atomic E-state index is 0.109. The average Bonchev–Trinajstić information content (AvgIpc) is 2.94. The van der Waals surface area contributed by atoms with Crippen molar-refractivity contribution in [3.8, 4) is 17.3 Å². The number of methoxy groups -OCH3 is 1. The molecule has 0 fully saturated rings. The van der Waals surface area contributed by atoms with Crippen molar-refractivity contribution in [1.29, 1.82) is 0 Å². The molecule has 0 atom stereocenters. The van der Waals surface area contributed by atoms with Gasteiger partial charge in [-0.2, -0.15) is 5.10 Å². The number of aromatic nitrogens is 3. The molecule has 0 bridgehead atoms. The van der Waals surface area contributed by atoms with E-state index in [0.717, 1.165) is 0 Å². The van der Waals surface area contributed by atoms with Crippen molar-refractivity contribution in [2.45, 2.75) is 6.92 Å². The number of nitrogens with zero attached hydrogens (tertiary/aromatic N) is 3. The van der Waals surface area contributed by atoms with Crippen molar-refractivity contribution >= 4 is 5.97 Å². The van der Waals surface area contributed by atoms with E-state index in [2.05, 4.69) is 10.1 Å². The number of carbonyl (C=O) groups excluding carboxylic acids is 1. The van der Waals surface area contributed by atoms with Gasteiger partial charge in [0.25, 0.3) is 0 Å². The highest BCUT2D eigenvalue weighted by Gasteiger charge is 2.22. The van der Waals surface area contributed by atoms with Gasteiger partial charge in [-0.3, -0.25) is 0 Å². The van der Waals surface area contributed by atoms with Crippen LogP contribution in [0.15, 0.2) is 16.9 Å². The average molecular weight is 251 g/mol. The van der Waals surface area contributed by atoms with Gasteiger partial charge in [0.1, 0.15) is 5.69 Å². The number of aryl methyl sites for hydroxylation is 1. The maximum Gasteiger partial charge on any atom is 0.361 e. The summed E-state index contributed by atoms with van der Waals surface area (Å²) in [7, 11) is 3.26. The van der Waals surface area contributed by atoms with Gasteiger partial charge in [-0.15, -0.1) is 0 Å². The highest BCUT2D eigenvalue weighted by molar-refractivity contribution is 5.93. The summed E-state index contributed by atoms with van der Waals surface area (Å²) in [4.78, 5) is 15.5. The molecule has 0 aliphatic carbocycles. The summed E-state index contributed by atoms with van der Waals surface area (Å²) in [6.07, 6.45) is 1.18. The standard InChI is InChI=1S/C11H13N3O4/c1-4-17-11(15)9-10(18-6-12-9)7-5-8(16-3)14(2)13-7/h5-6H,4H2,1-3H3. The van der Waals surface area contributed by atoms with Crippen LogP contribution in [0.1, 0.15) is 17.4 Å². The molecule has 18 heavy (non-hydrogen) atoms. The summed E-state index contributed by atoms with van der Waals surface area (Å²) in [5, 5.41) is 4.18. The molecule has 0 aliphatic heterocycles. The van der Waals surface area contributed by atoms with Gasteiger partial charge in [0.15, 0.2) is 17.8 Å². The summed E-state index contributed by atoms with van der Waals surface area (Å²) in [5.41, 5.74) is 0.576. The third kappa shape index (κ3) is 2.06. The quantitative estimate of drug-likeness (QED) is 0.761. The molecule has 2 aromatic heterocycles. The van der Waals surface area contributed by atoms with Crippen molar-refractivity contribution in [3.63, 3.8) is 0 Å². The van der Waals surface area contributed by atoms with Gasteiger partial charge in [-0.05, 0) is 6.92 Å². The van der Waals surface area contributed by atoms with E-state index in [4.69, 9.17) is 13.9 Å². The van der Waals surface area contributed by atoms with E-state index in [9.17, 15) is 4.79 Å². The lowest BCUT2D eigenvalue weighted by Crippen LogP contribution is -2.06. The molecule has 2 aromatic rings. The Hall–Kier alpha value is -2.31. The Morgan fingerprint density at radius 2 is 2.33 bits per heavy atom. The Morgan fingerprint density at radius 3 is 2.94 bits per heavy atom. The zero-order valence-electron chi connectivity index (χ0n) is 10.3. The van der Waals surface area contributed by atoms with Gasteiger partial charge in [-0.25, -0.2) is 14.5 Å². The number of oxazole rings is 1. The number of esters is 1. The van der Waals surface area contributed by atoms with E-state index in [0.29, 0.717) is 11.6 Å². The molecular weight excluding hydrogens is 238 g/mol. The third-order valence-electron chi connectivity index (χ3n) is 2.31. The van der Waals surface area contributed by atoms with Crippen LogP contribution in [0.25, 0.3) is 11.5 Å². The lowest BCUT2D eigenvalue weighted by Gasteiger charge is -1.98. The maximum absolute atomic E-state index is 11.7. The topological polar surface area (TPSA) is 79.4 Å². The van der Waals surface area contributed by atoms with Crippen LogP contribution in [-0.2, 0) is 11.8 Å². The second-order valence-electron chi connectivity index (χ2n) is 3.45. The minimum atomic E-state index is -0.536. The summed E-state index contributed by atoms with van der Waals surface area (Å²) >= 11 is 0. The molecule has 96 valence electrons. The normalized spacial score (nSPS) is 10.4. The molecule has 0 amide bonds. The number of hydrogen-bond acceptors (Lipinski definition) is 6. The lowest BCUT2D eigenvalue weighted by molar-refractivity contribution is 0.0520. The molecule has 0 radical (unpaired) electrons. The van der Waals surface area contributed by atoms with Crippen molar-refractivity contribution in [3.05, 3.63) is 18.2 Å². The fourth-order valence-electron chi connectivity index (χ4n) is 1.52. The zero-order chi connectivity index (χ0) is 13.1. The first-order chi connectivity index (χ1) is 8.67. The molecule has 2 rings (SSSR count). The van der Waals surface area contributed by atoms with Gasteiger partial charge >= 0.3 is 5.97 Å². The number of hydrogen-bond donors (Lipinski definition) is 0. The number of ether oxygens (including phenoxy) is 2. The Bertz CT molecular complexity index is 558. The molecule has 0 spiro atoms. The van der Waals surface area contributed by atoms with E-state index < -0.39 is 5.97 Å². The number of carbonyl (C=O) groups is 1. The third-order valence-corrected chi connectivity index (χ3v) is 2.31. The van der Waals surface area contributed by atoms with Crippen LogP contribution in [0.5, 0.6) is 5.88 Å². The lowest BCUT2D eigenvalue weighted by atomic mass is 10.2. The molecule has 0 aliphatic rings. The molecule has 7 heteroatoms. The van der Waals surface area contributed by atoms with Crippen LogP contribution in [0.3, 0.4) is 0 Å². The Labute approximate surface area is 103 Å². The van der Waals surface area contributed by atoms with Crippen molar-refractivity contribution in [2.75, 3.05) is 13.7 Å².